The fourth-order valence-corrected chi connectivity index (χ4v) is 2.70. The lowest BCUT2D eigenvalue weighted by Gasteiger charge is -2.20. The summed E-state index contributed by atoms with van der Waals surface area (Å²) in [6.07, 6.45) is 0. The predicted octanol–water partition coefficient (Wildman–Crippen LogP) is -0.0594. The van der Waals surface area contributed by atoms with Crippen molar-refractivity contribution in [3.63, 3.8) is 0 Å². The molecular weight excluding hydrogens is 280 g/mol. The van der Waals surface area contributed by atoms with Crippen LogP contribution in [0.4, 0.5) is 0 Å². The number of carbonyl (C=O) groups is 2. The summed E-state index contributed by atoms with van der Waals surface area (Å²) in [5.41, 5.74) is 0.0969. The summed E-state index contributed by atoms with van der Waals surface area (Å²) in [5, 5.41) is 15.0. The fraction of sp³-hybridized carbons (Fsp3) is 0.333. The first-order chi connectivity index (χ1) is 8.14. The molecule has 1 unspecified atom stereocenters. The van der Waals surface area contributed by atoms with E-state index in [1.165, 1.54) is 19.4 Å². The van der Waals surface area contributed by atoms with E-state index in [1.54, 1.807) is 0 Å². The van der Waals surface area contributed by atoms with Crippen LogP contribution in [0.5, 0.6) is 0 Å². The van der Waals surface area contributed by atoms with Crippen LogP contribution in [0.25, 0.3) is 0 Å². The highest BCUT2D eigenvalue weighted by atomic mass is 32.2. The van der Waals surface area contributed by atoms with E-state index in [0.717, 1.165) is 22.3 Å². The molecule has 1 amide bonds. The third kappa shape index (κ3) is 3.06. The first kappa shape index (κ1) is 14.6. The Bertz CT molecular complexity index is 578. The number of hydrogen-bond acceptors (Lipinski definition) is 5. The molecule has 1 aromatic heterocycles. The van der Waals surface area contributed by atoms with E-state index in [0.29, 0.717) is 0 Å². The van der Waals surface area contributed by atoms with Crippen LogP contribution in [0.1, 0.15) is 17.3 Å². The standard InChI is InChI=1S/C9H12N2O5S2/c1-5(9(13)14)11(2)8(12)6-3-7(17-4-6)18(10,15)16/h3-5H,1-2H3,(H,13,14)(H2,10,15,16). The van der Waals surface area contributed by atoms with Crippen molar-refractivity contribution >= 4 is 33.2 Å². The number of likely N-dealkylation sites (N-methyl/N-ethyl adjacent to an activating group) is 1. The molecule has 0 fully saturated rings. The Morgan fingerprint density at radius 3 is 2.44 bits per heavy atom. The van der Waals surface area contributed by atoms with Crippen LogP contribution in [0.2, 0.25) is 0 Å². The van der Waals surface area contributed by atoms with Gasteiger partial charge in [-0.25, -0.2) is 18.4 Å². The SMILES string of the molecule is CC(C(=O)O)N(C)C(=O)c1csc(S(N)(=O)=O)c1. The number of carboxylic acids is 1. The first-order valence-electron chi connectivity index (χ1n) is 4.76. The highest BCUT2D eigenvalue weighted by Gasteiger charge is 2.24. The normalized spacial score (nSPS) is 13.1. The van der Waals surface area contributed by atoms with Crippen LogP contribution < -0.4 is 5.14 Å². The minimum Gasteiger partial charge on any atom is -0.480 e. The minimum absolute atomic E-state index is 0.0969. The molecule has 0 bridgehead atoms. The van der Waals surface area contributed by atoms with E-state index >= 15 is 0 Å². The van der Waals surface area contributed by atoms with Gasteiger partial charge in [0.15, 0.2) is 0 Å². The van der Waals surface area contributed by atoms with E-state index in [1.807, 2.05) is 0 Å². The smallest absolute Gasteiger partial charge is 0.326 e. The van der Waals surface area contributed by atoms with Gasteiger partial charge in [0.2, 0.25) is 10.0 Å². The van der Waals surface area contributed by atoms with Gasteiger partial charge < -0.3 is 10.0 Å². The Morgan fingerprint density at radius 2 is 2.06 bits per heavy atom. The van der Waals surface area contributed by atoms with Gasteiger partial charge in [-0.15, -0.1) is 11.3 Å². The zero-order valence-corrected chi connectivity index (χ0v) is 11.3. The first-order valence-corrected chi connectivity index (χ1v) is 7.18. The predicted molar refractivity (Wildman–Crippen MR) is 64.9 cm³/mol. The number of carboxylic acid groups (broad SMARTS) is 1. The summed E-state index contributed by atoms with van der Waals surface area (Å²) in [5.74, 6) is -1.72. The van der Waals surface area contributed by atoms with Gasteiger partial charge in [-0.2, -0.15) is 0 Å². The number of carbonyl (C=O) groups excluding carboxylic acids is 1. The molecule has 1 aromatic rings. The summed E-state index contributed by atoms with van der Waals surface area (Å²) in [6.45, 7) is 1.35. The van der Waals surface area contributed by atoms with Gasteiger partial charge in [0, 0.05) is 12.4 Å². The molecule has 3 N–H and O–H groups in total. The molecule has 0 aliphatic rings. The second-order valence-corrected chi connectivity index (χ2v) is 6.33. The van der Waals surface area contributed by atoms with Crippen molar-refractivity contribution in [3.05, 3.63) is 17.0 Å². The number of sulfonamides is 1. The average molecular weight is 292 g/mol. The zero-order valence-electron chi connectivity index (χ0n) is 9.65. The molecule has 0 saturated heterocycles. The van der Waals surface area contributed by atoms with Crippen molar-refractivity contribution in [2.75, 3.05) is 7.05 Å². The molecule has 0 aliphatic carbocycles. The number of thiophene rings is 1. The summed E-state index contributed by atoms with van der Waals surface area (Å²) in [4.78, 5) is 23.6. The van der Waals surface area contributed by atoms with Gasteiger partial charge >= 0.3 is 5.97 Å². The second kappa shape index (κ2) is 5.04. The topological polar surface area (TPSA) is 118 Å². The van der Waals surface area contributed by atoms with Crippen molar-refractivity contribution in [3.8, 4) is 0 Å². The van der Waals surface area contributed by atoms with Crippen LogP contribution in [-0.2, 0) is 14.8 Å². The Hall–Kier alpha value is -1.45. The molecule has 7 nitrogen and oxygen atoms in total. The summed E-state index contributed by atoms with van der Waals surface area (Å²) >= 11 is 0.814. The molecule has 18 heavy (non-hydrogen) atoms. The monoisotopic (exact) mass is 292 g/mol. The Labute approximate surface area is 108 Å². The summed E-state index contributed by atoms with van der Waals surface area (Å²) in [6, 6.07) is 0.128. The lowest BCUT2D eigenvalue weighted by Crippen LogP contribution is -2.40. The molecule has 0 radical (unpaired) electrons. The minimum atomic E-state index is -3.85. The maximum atomic E-state index is 11.9. The average Bonchev–Trinajstić information content (AvgIpc) is 2.74. The highest BCUT2D eigenvalue weighted by molar-refractivity contribution is 7.91. The molecule has 1 heterocycles. The molecule has 9 heteroatoms. The number of nitrogens with zero attached hydrogens (tertiary/aromatic N) is 1. The molecule has 0 aromatic carbocycles. The number of nitrogens with two attached hydrogens (primary N) is 1. The van der Waals surface area contributed by atoms with Gasteiger partial charge in [0.25, 0.3) is 5.91 Å². The zero-order chi connectivity index (χ0) is 14.1. The molecular formula is C9H12N2O5S2. The van der Waals surface area contributed by atoms with Gasteiger partial charge in [0.05, 0.1) is 5.56 Å². The molecule has 1 atom stereocenters. The van der Waals surface area contributed by atoms with Crippen molar-refractivity contribution in [2.24, 2.45) is 5.14 Å². The lowest BCUT2D eigenvalue weighted by molar-refractivity contribution is -0.141. The summed E-state index contributed by atoms with van der Waals surface area (Å²) < 4.78 is 22.0. The number of hydrogen-bond donors (Lipinski definition) is 2. The van der Waals surface area contributed by atoms with Gasteiger partial charge in [-0.1, -0.05) is 0 Å². The van der Waals surface area contributed by atoms with Gasteiger partial charge in [0.1, 0.15) is 10.3 Å². The van der Waals surface area contributed by atoms with Gasteiger partial charge in [-0.05, 0) is 13.0 Å². The number of primary sulfonamides is 1. The quantitative estimate of drug-likeness (QED) is 0.806. The number of amides is 1. The third-order valence-corrected chi connectivity index (χ3v) is 4.75. The van der Waals surface area contributed by atoms with Gasteiger partial charge in [-0.3, -0.25) is 4.79 Å². The van der Waals surface area contributed by atoms with Crippen LogP contribution in [0.15, 0.2) is 15.7 Å². The molecule has 0 aliphatic heterocycles. The maximum Gasteiger partial charge on any atom is 0.326 e. The van der Waals surface area contributed by atoms with E-state index in [9.17, 15) is 18.0 Å². The fourth-order valence-electron chi connectivity index (χ4n) is 1.12. The third-order valence-electron chi connectivity index (χ3n) is 2.36. The maximum absolute atomic E-state index is 11.9. The number of aliphatic carboxylic acids is 1. The molecule has 100 valence electrons. The van der Waals surface area contributed by atoms with Crippen LogP contribution in [0, 0.1) is 0 Å². The second-order valence-electron chi connectivity index (χ2n) is 3.63. The molecule has 0 spiro atoms. The van der Waals surface area contributed by atoms with Crippen LogP contribution in [0.3, 0.4) is 0 Å². The Morgan fingerprint density at radius 1 is 1.50 bits per heavy atom. The lowest BCUT2D eigenvalue weighted by atomic mass is 10.2. The van der Waals surface area contributed by atoms with E-state index in [4.69, 9.17) is 10.2 Å². The largest absolute Gasteiger partial charge is 0.480 e. The van der Waals surface area contributed by atoms with E-state index in [2.05, 4.69) is 0 Å². The van der Waals surface area contributed by atoms with E-state index in [-0.39, 0.29) is 9.77 Å². The van der Waals surface area contributed by atoms with Crippen molar-refractivity contribution in [2.45, 2.75) is 17.2 Å². The Kier molecular flexibility index (Phi) is 4.09. The number of rotatable bonds is 4. The van der Waals surface area contributed by atoms with Crippen molar-refractivity contribution in [1.82, 2.24) is 4.90 Å². The van der Waals surface area contributed by atoms with Crippen LogP contribution >= 0.6 is 11.3 Å². The van der Waals surface area contributed by atoms with Crippen LogP contribution in [-0.4, -0.2) is 43.4 Å². The van der Waals surface area contributed by atoms with Crippen molar-refractivity contribution in [1.29, 1.82) is 0 Å². The molecule has 1 rings (SSSR count). The van der Waals surface area contributed by atoms with E-state index < -0.39 is 27.9 Å². The van der Waals surface area contributed by atoms with Crippen molar-refractivity contribution < 1.29 is 23.1 Å². The highest BCUT2D eigenvalue weighted by Crippen LogP contribution is 2.20. The Balaban J connectivity index is 2.99. The molecule has 0 saturated carbocycles. The summed E-state index contributed by atoms with van der Waals surface area (Å²) in [7, 11) is -2.52.